The second-order valence-corrected chi connectivity index (χ2v) is 1.99. The maximum absolute atomic E-state index is 10.3. The predicted molar refractivity (Wildman–Crippen MR) is 35.9 cm³/mol. The second-order valence-electron chi connectivity index (χ2n) is 1.99. The van der Waals surface area contributed by atoms with E-state index in [4.69, 9.17) is 5.11 Å². The summed E-state index contributed by atoms with van der Waals surface area (Å²) in [5.41, 5.74) is 0. The molecule has 0 heterocycles. The van der Waals surface area contributed by atoms with Gasteiger partial charge in [-0.15, -0.1) is 0 Å². The van der Waals surface area contributed by atoms with Gasteiger partial charge in [0.25, 0.3) is 0 Å². The maximum Gasteiger partial charge on any atom is 0.326 e. The molecular weight excluding hydrogens is 150 g/mol. The molecule has 0 saturated heterocycles. The van der Waals surface area contributed by atoms with E-state index >= 15 is 0 Å². The molecule has 0 fully saturated rings. The van der Waals surface area contributed by atoms with Crippen LogP contribution in [0.3, 0.4) is 0 Å². The van der Waals surface area contributed by atoms with E-state index in [2.05, 4.69) is 5.32 Å². The minimum Gasteiger partial charge on any atom is -0.480 e. The Morgan fingerprint density at radius 2 is 2.18 bits per heavy atom. The summed E-state index contributed by atoms with van der Waals surface area (Å²) in [6, 6.07) is -1.09. The number of amides is 1. The van der Waals surface area contributed by atoms with E-state index in [0.29, 0.717) is 6.29 Å². The number of aliphatic carboxylic acids is 1. The number of carboxylic acid groups (broad SMARTS) is 1. The number of carboxylic acids is 1. The fourth-order valence-corrected chi connectivity index (χ4v) is 0.563. The van der Waals surface area contributed by atoms with Crippen molar-refractivity contribution in [3.63, 3.8) is 0 Å². The van der Waals surface area contributed by atoms with Gasteiger partial charge in [0, 0.05) is 13.3 Å². The van der Waals surface area contributed by atoms with Crippen LogP contribution in [0.25, 0.3) is 0 Å². The van der Waals surface area contributed by atoms with E-state index in [-0.39, 0.29) is 6.42 Å². The summed E-state index contributed by atoms with van der Waals surface area (Å²) < 4.78 is 0. The van der Waals surface area contributed by atoms with E-state index in [0.717, 1.165) is 0 Å². The lowest BCUT2D eigenvalue weighted by Gasteiger charge is -2.08. The second kappa shape index (κ2) is 4.43. The number of hydrogen-bond donors (Lipinski definition) is 2. The summed E-state index contributed by atoms with van der Waals surface area (Å²) in [6.07, 6.45) is 0.254. The largest absolute Gasteiger partial charge is 0.480 e. The average molecular weight is 159 g/mol. The first-order valence-electron chi connectivity index (χ1n) is 3.01. The lowest BCUT2D eigenvalue weighted by atomic mass is 10.2. The summed E-state index contributed by atoms with van der Waals surface area (Å²) in [5, 5.41) is 10.5. The van der Waals surface area contributed by atoms with Gasteiger partial charge in [0.2, 0.25) is 5.91 Å². The molecule has 0 aromatic carbocycles. The Kier molecular flexibility index (Phi) is 3.87. The van der Waals surface area contributed by atoms with Gasteiger partial charge in [-0.25, -0.2) is 4.79 Å². The molecule has 0 aromatic heterocycles. The highest BCUT2D eigenvalue weighted by atomic mass is 16.4. The SMILES string of the molecule is CC(=O)NC(CC=O)C(=O)O. The van der Waals surface area contributed by atoms with Crippen molar-refractivity contribution in [1.29, 1.82) is 0 Å². The summed E-state index contributed by atoms with van der Waals surface area (Å²) in [6.45, 7) is 1.20. The Morgan fingerprint density at radius 1 is 1.64 bits per heavy atom. The van der Waals surface area contributed by atoms with Crippen LogP contribution in [0, 0.1) is 0 Å². The molecule has 0 rings (SSSR count). The van der Waals surface area contributed by atoms with E-state index in [1.807, 2.05) is 0 Å². The first-order valence-corrected chi connectivity index (χ1v) is 3.01. The molecule has 1 amide bonds. The van der Waals surface area contributed by atoms with Gasteiger partial charge in [-0.3, -0.25) is 4.79 Å². The van der Waals surface area contributed by atoms with Crippen LogP contribution in [0.15, 0.2) is 0 Å². The van der Waals surface area contributed by atoms with Crippen molar-refractivity contribution < 1.29 is 19.5 Å². The molecule has 1 atom stereocenters. The van der Waals surface area contributed by atoms with Crippen molar-refractivity contribution in [2.45, 2.75) is 19.4 Å². The summed E-state index contributed by atoms with van der Waals surface area (Å²) >= 11 is 0. The van der Waals surface area contributed by atoms with Gasteiger partial charge in [-0.2, -0.15) is 0 Å². The molecule has 0 saturated carbocycles. The average Bonchev–Trinajstić information content (AvgIpc) is 1.86. The molecule has 0 spiro atoms. The molecule has 5 nitrogen and oxygen atoms in total. The highest BCUT2D eigenvalue weighted by Gasteiger charge is 2.16. The normalized spacial score (nSPS) is 11.7. The van der Waals surface area contributed by atoms with E-state index in [1.54, 1.807) is 0 Å². The zero-order valence-corrected chi connectivity index (χ0v) is 6.03. The van der Waals surface area contributed by atoms with Crippen LogP contribution in [-0.2, 0) is 14.4 Å². The molecule has 0 aliphatic rings. The van der Waals surface area contributed by atoms with Gasteiger partial charge >= 0.3 is 5.97 Å². The van der Waals surface area contributed by atoms with Crippen LogP contribution in [0.4, 0.5) is 0 Å². The smallest absolute Gasteiger partial charge is 0.326 e. The Morgan fingerprint density at radius 3 is 2.45 bits per heavy atom. The quantitative estimate of drug-likeness (QED) is 0.524. The van der Waals surface area contributed by atoms with Gasteiger partial charge in [-0.05, 0) is 0 Å². The maximum atomic E-state index is 10.3. The van der Waals surface area contributed by atoms with Crippen LogP contribution in [-0.4, -0.2) is 29.3 Å². The van der Waals surface area contributed by atoms with Crippen LogP contribution in [0.2, 0.25) is 0 Å². The van der Waals surface area contributed by atoms with Gasteiger partial charge in [-0.1, -0.05) is 0 Å². The Bertz CT molecular complexity index is 177. The zero-order chi connectivity index (χ0) is 8.85. The number of carbonyl (C=O) groups excluding carboxylic acids is 2. The first kappa shape index (κ1) is 9.61. The topological polar surface area (TPSA) is 83.5 Å². The molecule has 11 heavy (non-hydrogen) atoms. The fourth-order valence-electron chi connectivity index (χ4n) is 0.563. The number of rotatable bonds is 4. The summed E-state index contributed by atoms with van der Waals surface area (Å²) in [4.78, 5) is 30.5. The molecule has 0 aliphatic carbocycles. The molecule has 1 unspecified atom stereocenters. The number of hydrogen-bond acceptors (Lipinski definition) is 3. The van der Waals surface area contributed by atoms with Gasteiger partial charge in [0.1, 0.15) is 12.3 Å². The summed E-state index contributed by atoms with van der Waals surface area (Å²) in [5.74, 6) is -1.66. The molecule has 5 heteroatoms. The van der Waals surface area contributed by atoms with Gasteiger partial charge < -0.3 is 15.2 Å². The van der Waals surface area contributed by atoms with Gasteiger partial charge in [0.05, 0.1) is 0 Å². The Hall–Kier alpha value is -1.39. The number of aldehydes is 1. The van der Waals surface area contributed by atoms with Crippen molar-refractivity contribution in [3.05, 3.63) is 0 Å². The van der Waals surface area contributed by atoms with Crippen LogP contribution in [0.1, 0.15) is 13.3 Å². The molecular formula is C6H9NO4. The van der Waals surface area contributed by atoms with E-state index in [1.165, 1.54) is 6.92 Å². The third-order valence-corrected chi connectivity index (χ3v) is 1.01. The zero-order valence-electron chi connectivity index (χ0n) is 6.03. The van der Waals surface area contributed by atoms with Crippen molar-refractivity contribution in [1.82, 2.24) is 5.32 Å². The molecule has 2 N–H and O–H groups in total. The monoisotopic (exact) mass is 159 g/mol. The third-order valence-electron chi connectivity index (χ3n) is 1.01. The Labute approximate surface area is 63.4 Å². The van der Waals surface area contributed by atoms with Crippen LogP contribution >= 0.6 is 0 Å². The van der Waals surface area contributed by atoms with Crippen molar-refractivity contribution in [2.24, 2.45) is 0 Å². The number of carbonyl (C=O) groups is 3. The lowest BCUT2D eigenvalue weighted by Crippen LogP contribution is -2.39. The molecule has 0 radical (unpaired) electrons. The highest BCUT2D eigenvalue weighted by molar-refractivity contribution is 5.83. The molecule has 0 bridgehead atoms. The molecule has 62 valence electrons. The molecule has 0 aromatic rings. The van der Waals surface area contributed by atoms with Crippen molar-refractivity contribution in [3.8, 4) is 0 Å². The predicted octanol–water partition coefficient (Wildman–Crippen LogP) is -0.835. The molecule has 0 aliphatic heterocycles. The van der Waals surface area contributed by atoms with Crippen LogP contribution in [0.5, 0.6) is 0 Å². The van der Waals surface area contributed by atoms with Crippen molar-refractivity contribution in [2.75, 3.05) is 0 Å². The van der Waals surface area contributed by atoms with E-state index < -0.39 is 17.9 Å². The Balaban J connectivity index is 3.99. The minimum absolute atomic E-state index is 0.199. The standard InChI is InChI=1S/C6H9NO4/c1-4(9)7-5(2-3-8)6(10)11/h3,5H,2H2,1H3,(H,7,9)(H,10,11). The van der Waals surface area contributed by atoms with Crippen molar-refractivity contribution >= 4 is 18.2 Å². The first-order chi connectivity index (χ1) is 5.07. The summed E-state index contributed by atoms with van der Waals surface area (Å²) in [7, 11) is 0. The van der Waals surface area contributed by atoms with E-state index in [9.17, 15) is 14.4 Å². The minimum atomic E-state index is -1.20. The highest BCUT2D eigenvalue weighted by Crippen LogP contribution is 1.88. The fraction of sp³-hybridized carbons (Fsp3) is 0.500. The third kappa shape index (κ3) is 4.07. The van der Waals surface area contributed by atoms with Crippen LogP contribution < -0.4 is 5.32 Å². The number of nitrogens with one attached hydrogen (secondary N) is 1. The lowest BCUT2D eigenvalue weighted by molar-refractivity contribution is -0.142. The van der Waals surface area contributed by atoms with Gasteiger partial charge in [0.15, 0.2) is 0 Å².